The zero-order valence-electron chi connectivity index (χ0n) is 10.4. The van der Waals surface area contributed by atoms with E-state index < -0.39 is 4.92 Å². The molecule has 7 nitrogen and oxygen atoms in total. The molecule has 0 unspecified atom stereocenters. The number of aryl methyl sites for hydroxylation is 2. The summed E-state index contributed by atoms with van der Waals surface area (Å²) in [4.78, 5) is 10.2. The molecule has 1 N–H and O–H groups in total. The molecule has 0 amide bonds. The van der Waals surface area contributed by atoms with Gasteiger partial charge in [-0.3, -0.25) is 14.8 Å². The standard InChI is InChI=1S/C11H12ClN5O2/c1-7-3-11(17(18)19)9(12)4-10(7)13-5-8-6-16(2)15-14-8/h3-4,6,13H,5H2,1-2H3. The maximum absolute atomic E-state index is 10.7. The molecular weight excluding hydrogens is 270 g/mol. The Morgan fingerprint density at radius 1 is 1.53 bits per heavy atom. The van der Waals surface area contributed by atoms with Crippen LogP contribution < -0.4 is 5.32 Å². The molecular formula is C11H12ClN5O2. The fourth-order valence-corrected chi connectivity index (χ4v) is 1.89. The first-order chi connectivity index (χ1) is 8.97. The molecule has 100 valence electrons. The third kappa shape index (κ3) is 3.00. The maximum Gasteiger partial charge on any atom is 0.288 e. The first-order valence-corrected chi connectivity index (χ1v) is 5.89. The summed E-state index contributed by atoms with van der Waals surface area (Å²) in [6.45, 7) is 2.26. The smallest absolute Gasteiger partial charge is 0.288 e. The minimum atomic E-state index is -0.498. The molecule has 8 heteroatoms. The van der Waals surface area contributed by atoms with E-state index >= 15 is 0 Å². The normalized spacial score (nSPS) is 10.5. The number of hydrogen-bond donors (Lipinski definition) is 1. The second kappa shape index (κ2) is 5.23. The lowest BCUT2D eigenvalue weighted by atomic mass is 10.1. The van der Waals surface area contributed by atoms with Crippen molar-refractivity contribution in [2.75, 3.05) is 5.32 Å². The Labute approximate surface area is 114 Å². The highest BCUT2D eigenvalue weighted by atomic mass is 35.5. The van der Waals surface area contributed by atoms with Crippen molar-refractivity contribution in [1.29, 1.82) is 0 Å². The van der Waals surface area contributed by atoms with E-state index in [1.165, 1.54) is 6.07 Å². The second-order valence-electron chi connectivity index (χ2n) is 4.11. The Balaban J connectivity index is 2.17. The molecule has 2 rings (SSSR count). The molecule has 1 aromatic carbocycles. The van der Waals surface area contributed by atoms with E-state index in [4.69, 9.17) is 11.6 Å². The van der Waals surface area contributed by atoms with E-state index in [1.807, 2.05) is 0 Å². The average molecular weight is 282 g/mol. The van der Waals surface area contributed by atoms with Crippen molar-refractivity contribution in [2.24, 2.45) is 7.05 Å². The number of nitrogens with zero attached hydrogens (tertiary/aromatic N) is 4. The molecule has 0 saturated carbocycles. The summed E-state index contributed by atoms with van der Waals surface area (Å²) in [5.41, 5.74) is 2.17. The highest BCUT2D eigenvalue weighted by molar-refractivity contribution is 6.33. The van der Waals surface area contributed by atoms with Crippen LogP contribution in [-0.4, -0.2) is 19.9 Å². The van der Waals surface area contributed by atoms with Gasteiger partial charge in [-0.15, -0.1) is 5.10 Å². The van der Waals surface area contributed by atoms with Crippen molar-refractivity contribution in [1.82, 2.24) is 15.0 Å². The van der Waals surface area contributed by atoms with Gasteiger partial charge < -0.3 is 5.32 Å². The van der Waals surface area contributed by atoms with Crippen molar-refractivity contribution in [3.63, 3.8) is 0 Å². The summed E-state index contributed by atoms with van der Waals surface area (Å²) < 4.78 is 1.60. The van der Waals surface area contributed by atoms with E-state index in [0.717, 1.165) is 16.9 Å². The van der Waals surface area contributed by atoms with Gasteiger partial charge in [-0.2, -0.15) is 0 Å². The predicted molar refractivity (Wildman–Crippen MR) is 71.2 cm³/mol. The summed E-state index contributed by atoms with van der Waals surface area (Å²) in [5, 5.41) is 21.7. The van der Waals surface area contributed by atoms with Crippen LogP contribution >= 0.6 is 11.6 Å². The zero-order valence-corrected chi connectivity index (χ0v) is 11.2. The lowest BCUT2D eigenvalue weighted by Crippen LogP contribution is -2.02. The van der Waals surface area contributed by atoms with E-state index in [0.29, 0.717) is 6.54 Å². The Bertz CT molecular complexity index is 626. The predicted octanol–water partition coefficient (Wildman–Crippen LogP) is 2.30. The van der Waals surface area contributed by atoms with Crippen molar-refractivity contribution in [2.45, 2.75) is 13.5 Å². The van der Waals surface area contributed by atoms with Gasteiger partial charge in [-0.05, 0) is 18.6 Å². The van der Waals surface area contributed by atoms with Gasteiger partial charge in [0.15, 0.2) is 0 Å². The topological polar surface area (TPSA) is 85.9 Å². The molecule has 0 aliphatic heterocycles. The van der Waals surface area contributed by atoms with E-state index in [-0.39, 0.29) is 10.7 Å². The van der Waals surface area contributed by atoms with E-state index in [2.05, 4.69) is 15.6 Å². The lowest BCUT2D eigenvalue weighted by molar-refractivity contribution is -0.384. The van der Waals surface area contributed by atoms with Crippen LogP contribution in [0.25, 0.3) is 0 Å². The fraction of sp³-hybridized carbons (Fsp3) is 0.273. The molecule has 0 aliphatic rings. The molecule has 0 spiro atoms. The Morgan fingerprint density at radius 3 is 2.84 bits per heavy atom. The van der Waals surface area contributed by atoms with Gasteiger partial charge in [0.1, 0.15) is 10.7 Å². The number of nitrogens with one attached hydrogen (secondary N) is 1. The van der Waals surface area contributed by atoms with Crippen molar-refractivity contribution in [3.05, 3.63) is 44.7 Å². The summed E-state index contributed by atoms with van der Waals surface area (Å²) in [5.74, 6) is 0. The molecule has 0 aliphatic carbocycles. The SMILES string of the molecule is Cc1cc([N+](=O)[O-])c(Cl)cc1NCc1cn(C)nn1. The first-order valence-electron chi connectivity index (χ1n) is 5.51. The number of aromatic nitrogens is 3. The minimum absolute atomic E-state index is 0.0933. The quantitative estimate of drug-likeness (QED) is 0.686. The monoisotopic (exact) mass is 281 g/mol. The van der Waals surface area contributed by atoms with Crippen LogP contribution in [0.5, 0.6) is 0 Å². The summed E-state index contributed by atoms with van der Waals surface area (Å²) in [6.07, 6.45) is 1.79. The Morgan fingerprint density at radius 2 is 2.26 bits per heavy atom. The molecule has 0 radical (unpaired) electrons. The van der Waals surface area contributed by atoms with Crippen LogP contribution in [0.2, 0.25) is 5.02 Å². The molecule has 1 heterocycles. The number of benzene rings is 1. The molecule has 19 heavy (non-hydrogen) atoms. The third-order valence-corrected chi connectivity index (χ3v) is 2.90. The molecule has 0 fully saturated rings. The van der Waals surface area contributed by atoms with Gasteiger partial charge in [-0.25, -0.2) is 0 Å². The van der Waals surface area contributed by atoms with E-state index in [9.17, 15) is 10.1 Å². The number of nitro benzene ring substituents is 1. The highest BCUT2D eigenvalue weighted by Gasteiger charge is 2.14. The minimum Gasteiger partial charge on any atom is -0.379 e. The van der Waals surface area contributed by atoms with Gasteiger partial charge in [0.05, 0.1) is 11.5 Å². The van der Waals surface area contributed by atoms with Crippen LogP contribution in [0, 0.1) is 17.0 Å². The lowest BCUT2D eigenvalue weighted by Gasteiger charge is -2.08. The fourth-order valence-electron chi connectivity index (χ4n) is 1.66. The maximum atomic E-state index is 10.7. The number of rotatable bonds is 4. The van der Waals surface area contributed by atoms with Gasteiger partial charge in [0, 0.05) is 25.0 Å². The van der Waals surface area contributed by atoms with Gasteiger partial charge in [0.2, 0.25) is 0 Å². The van der Waals surface area contributed by atoms with Crippen molar-refractivity contribution >= 4 is 23.0 Å². The van der Waals surface area contributed by atoms with Crippen LogP contribution in [0.15, 0.2) is 18.3 Å². The summed E-state index contributed by atoms with van der Waals surface area (Å²) in [7, 11) is 1.78. The first kappa shape index (κ1) is 13.3. The molecule has 2 aromatic rings. The Kier molecular flexibility index (Phi) is 3.66. The summed E-state index contributed by atoms with van der Waals surface area (Å²) >= 11 is 5.87. The van der Waals surface area contributed by atoms with Crippen LogP contribution in [0.1, 0.15) is 11.3 Å². The summed E-state index contributed by atoms with van der Waals surface area (Å²) in [6, 6.07) is 2.99. The number of hydrogen-bond acceptors (Lipinski definition) is 5. The molecule has 0 atom stereocenters. The van der Waals surface area contributed by atoms with Gasteiger partial charge in [-0.1, -0.05) is 16.8 Å². The third-order valence-electron chi connectivity index (χ3n) is 2.60. The molecule has 1 aromatic heterocycles. The molecule has 0 saturated heterocycles. The number of halogens is 1. The number of nitro groups is 1. The zero-order chi connectivity index (χ0) is 14.0. The Hall–Kier alpha value is -2.15. The van der Waals surface area contributed by atoms with Crippen LogP contribution in [-0.2, 0) is 13.6 Å². The average Bonchev–Trinajstić information content (AvgIpc) is 2.75. The van der Waals surface area contributed by atoms with Crippen LogP contribution in [0.3, 0.4) is 0 Å². The largest absolute Gasteiger partial charge is 0.379 e. The van der Waals surface area contributed by atoms with Crippen molar-refractivity contribution < 1.29 is 4.92 Å². The van der Waals surface area contributed by atoms with E-state index in [1.54, 1.807) is 30.9 Å². The van der Waals surface area contributed by atoms with Crippen molar-refractivity contribution in [3.8, 4) is 0 Å². The number of anilines is 1. The highest BCUT2D eigenvalue weighted by Crippen LogP contribution is 2.30. The molecule has 0 bridgehead atoms. The van der Waals surface area contributed by atoms with Gasteiger partial charge in [0.25, 0.3) is 5.69 Å². The van der Waals surface area contributed by atoms with Gasteiger partial charge >= 0.3 is 0 Å². The van der Waals surface area contributed by atoms with Crippen LogP contribution in [0.4, 0.5) is 11.4 Å². The second-order valence-corrected chi connectivity index (χ2v) is 4.52.